The first-order chi connectivity index (χ1) is 7.50. The first-order valence-electron chi connectivity index (χ1n) is 5.96. The van der Waals surface area contributed by atoms with Gasteiger partial charge in [-0.3, -0.25) is 10.1 Å². The lowest BCUT2D eigenvalue weighted by Gasteiger charge is -2.28. The van der Waals surface area contributed by atoms with Crippen LogP contribution in [0.2, 0.25) is 0 Å². The second-order valence-corrected chi connectivity index (χ2v) is 4.76. The smallest absolute Gasteiger partial charge is 0.319 e. The number of primary amides is 1. The first kappa shape index (κ1) is 13.0. The molecule has 0 spiro atoms. The van der Waals surface area contributed by atoms with Crippen LogP contribution in [0.3, 0.4) is 0 Å². The van der Waals surface area contributed by atoms with Crippen molar-refractivity contribution in [3.05, 3.63) is 0 Å². The van der Waals surface area contributed by atoms with E-state index in [1.54, 1.807) is 6.92 Å². The van der Waals surface area contributed by atoms with Gasteiger partial charge in [-0.1, -0.05) is 13.3 Å². The van der Waals surface area contributed by atoms with Gasteiger partial charge in [0.25, 0.3) is 5.91 Å². The van der Waals surface area contributed by atoms with E-state index in [9.17, 15) is 9.59 Å². The Kier molecular flexibility index (Phi) is 4.73. The van der Waals surface area contributed by atoms with Crippen LogP contribution >= 0.6 is 0 Å². The maximum Gasteiger partial charge on any atom is 0.319 e. The maximum atomic E-state index is 11.5. The van der Waals surface area contributed by atoms with Gasteiger partial charge in [0, 0.05) is 5.92 Å². The Labute approximate surface area is 96.1 Å². The summed E-state index contributed by atoms with van der Waals surface area (Å²) >= 11 is 0. The van der Waals surface area contributed by atoms with Gasteiger partial charge in [0.1, 0.15) is 0 Å². The number of hydrogen-bond donors (Lipinski definition) is 3. The van der Waals surface area contributed by atoms with E-state index in [1.807, 2.05) is 0 Å². The summed E-state index contributed by atoms with van der Waals surface area (Å²) < 4.78 is 0. The predicted molar refractivity (Wildman–Crippen MR) is 60.5 cm³/mol. The van der Waals surface area contributed by atoms with E-state index in [4.69, 9.17) is 5.73 Å². The minimum atomic E-state index is -0.776. The largest absolute Gasteiger partial charge is 0.351 e. The summed E-state index contributed by atoms with van der Waals surface area (Å²) in [7, 11) is 0. The van der Waals surface area contributed by atoms with Crippen LogP contribution in [-0.2, 0) is 4.79 Å². The van der Waals surface area contributed by atoms with Gasteiger partial charge in [0.2, 0.25) is 0 Å². The van der Waals surface area contributed by atoms with Gasteiger partial charge in [0.05, 0.1) is 6.04 Å². The quantitative estimate of drug-likeness (QED) is 0.620. The van der Waals surface area contributed by atoms with Crippen molar-refractivity contribution in [1.82, 2.24) is 5.32 Å². The Morgan fingerprint density at radius 2 is 2.00 bits per heavy atom. The molecule has 3 atom stereocenters. The zero-order valence-electron chi connectivity index (χ0n) is 10.0. The van der Waals surface area contributed by atoms with E-state index in [-0.39, 0.29) is 11.9 Å². The van der Waals surface area contributed by atoms with Crippen LogP contribution in [0.15, 0.2) is 0 Å². The standard InChI is InChI=1S/C11H21N3O2/c1-7-5-3-4-6-9(7)13-8(2)10(15)14-11(12)16/h7-9,13H,3-6H2,1-2H3,(H3,12,14,15,16)/p+1/t7-,8+,9-/m1/s1. The molecule has 92 valence electrons. The lowest BCUT2D eigenvalue weighted by molar-refractivity contribution is -0.714. The maximum absolute atomic E-state index is 11.5. The van der Waals surface area contributed by atoms with Gasteiger partial charge in [-0.05, 0) is 26.2 Å². The Balaban J connectivity index is 2.40. The third kappa shape index (κ3) is 3.81. The van der Waals surface area contributed by atoms with Gasteiger partial charge < -0.3 is 11.1 Å². The fourth-order valence-electron chi connectivity index (χ4n) is 2.32. The molecule has 5 heteroatoms. The average molecular weight is 228 g/mol. The number of nitrogens with two attached hydrogens (primary N) is 2. The molecular formula is C11H22N3O2+. The van der Waals surface area contributed by atoms with Gasteiger partial charge in [-0.2, -0.15) is 0 Å². The zero-order chi connectivity index (χ0) is 12.1. The van der Waals surface area contributed by atoms with Crippen LogP contribution in [0, 0.1) is 5.92 Å². The van der Waals surface area contributed by atoms with Gasteiger partial charge in [0.15, 0.2) is 6.04 Å². The molecule has 0 aliphatic heterocycles. The normalized spacial score (nSPS) is 27.1. The summed E-state index contributed by atoms with van der Waals surface area (Å²) in [5.74, 6) is 0.336. The molecule has 1 rings (SSSR count). The van der Waals surface area contributed by atoms with Crippen LogP contribution in [0.1, 0.15) is 39.5 Å². The Morgan fingerprint density at radius 3 is 2.56 bits per heavy atom. The predicted octanol–water partition coefficient (Wildman–Crippen LogP) is -0.288. The SMILES string of the molecule is C[C@H]([NH2+][C@@H]1CCCC[C@H]1C)C(=O)NC(N)=O. The van der Waals surface area contributed by atoms with E-state index >= 15 is 0 Å². The molecule has 0 aromatic rings. The van der Waals surface area contributed by atoms with E-state index in [2.05, 4.69) is 17.6 Å². The number of rotatable bonds is 3. The van der Waals surface area contributed by atoms with Crippen molar-refractivity contribution in [2.75, 3.05) is 0 Å². The highest BCUT2D eigenvalue weighted by Crippen LogP contribution is 2.21. The molecule has 1 saturated carbocycles. The second-order valence-electron chi connectivity index (χ2n) is 4.76. The summed E-state index contributed by atoms with van der Waals surface area (Å²) in [6, 6.07) is -0.539. The van der Waals surface area contributed by atoms with Crippen LogP contribution in [0.25, 0.3) is 0 Å². The molecule has 0 heterocycles. The molecule has 0 radical (unpaired) electrons. The molecule has 0 saturated heterocycles. The Morgan fingerprint density at radius 1 is 1.38 bits per heavy atom. The fourth-order valence-corrected chi connectivity index (χ4v) is 2.32. The van der Waals surface area contributed by atoms with Crippen molar-refractivity contribution in [2.45, 2.75) is 51.6 Å². The number of urea groups is 1. The van der Waals surface area contributed by atoms with E-state index < -0.39 is 6.03 Å². The third-order valence-corrected chi connectivity index (χ3v) is 3.37. The molecule has 16 heavy (non-hydrogen) atoms. The lowest BCUT2D eigenvalue weighted by atomic mass is 9.85. The van der Waals surface area contributed by atoms with E-state index in [0.717, 1.165) is 6.42 Å². The number of amides is 3. The number of carbonyl (C=O) groups is 2. The summed E-state index contributed by atoms with van der Waals surface area (Å²) in [6.07, 6.45) is 4.89. The molecule has 0 aromatic heterocycles. The van der Waals surface area contributed by atoms with Crippen molar-refractivity contribution in [1.29, 1.82) is 0 Å². The van der Waals surface area contributed by atoms with Crippen LogP contribution in [0.5, 0.6) is 0 Å². The molecule has 1 fully saturated rings. The van der Waals surface area contributed by atoms with Gasteiger partial charge in [-0.25, -0.2) is 4.79 Å². The number of nitrogens with one attached hydrogen (secondary N) is 1. The fraction of sp³-hybridized carbons (Fsp3) is 0.818. The van der Waals surface area contributed by atoms with Crippen LogP contribution < -0.4 is 16.4 Å². The molecular weight excluding hydrogens is 206 g/mol. The van der Waals surface area contributed by atoms with Crippen molar-refractivity contribution in [3.63, 3.8) is 0 Å². The molecule has 0 unspecified atom stereocenters. The minimum absolute atomic E-state index is 0.252. The molecule has 5 N–H and O–H groups in total. The van der Waals surface area contributed by atoms with Crippen LogP contribution in [-0.4, -0.2) is 24.0 Å². The molecule has 1 aliphatic rings. The molecule has 1 aliphatic carbocycles. The summed E-state index contributed by atoms with van der Waals surface area (Å²) in [6.45, 7) is 4.03. The van der Waals surface area contributed by atoms with Gasteiger partial charge in [-0.15, -0.1) is 0 Å². The number of quaternary nitrogens is 1. The molecule has 5 nitrogen and oxygen atoms in total. The monoisotopic (exact) mass is 228 g/mol. The van der Waals surface area contributed by atoms with Gasteiger partial charge >= 0.3 is 6.03 Å². The minimum Gasteiger partial charge on any atom is -0.351 e. The van der Waals surface area contributed by atoms with E-state index in [0.29, 0.717) is 12.0 Å². The Hall–Kier alpha value is -1.10. The summed E-state index contributed by atoms with van der Waals surface area (Å²) in [4.78, 5) is 22.0. The number of carbonyl (C=O) groups excluding carboxylic acids is 2. The van der Waals surface area contributed by atoms with Crippen molar-refractivity contribution >= 4 is 11.9 Å². The topological polar surface area (TPSA) is 88.8 Å². The second kappa shape index (κ2) is 5.84. The molecule has 0 aromatic carbocycles. The number of hydrogen-bond acceptors (Lipinski definition) is 2. The van der Waals surface area contributed by atoms with Crippen molar-refractivity contribution in [3.8, 4) is 0 Å². The van der Waals surface area contributed by atoms with Crippen LogP contribution in [0.4, 0.5) is 4.79 Å². The molecule has 3 amide bonds. The molecule has 0 bridgehead atoms. The summed E-state index contributed by atoms with van der Waals surface area (Å²) in [5, 5.41) is 4.17. The van der Waals surface area contributed by atoms with Crippen molar-refractivity contribution in [2.24, 2.45) is 11.7 Å². The van der Waals surface area contributed by atoms with Crippen molar-refractivity contribution < 1.29 is 14.9 Å². The summed E-state index contributed by atoms with van der Waals surface area (Å²) in [5.41, 5.74) is 4.91. The number of imide groups is 1. The van der Waals surface area contributed by atoms with E-state index in [1.165, 1.54) is 19.3 Å². The lowest BCUT2D eigenvalue weighted by Crippen LogP contribution is -2.98. The highest BCUT2D eigenvalue weighted by Gasteiger charge is 2.28. The first-order valence-corrected chi connectivity index (χ1v) is 5.96. The Bertz CT molecular complexity index is 268. The highest BCUT2D eigenvalue weighted by atomic mass is 16.2. The zero-order valence-corrected chi connectivity index (χ0v) is 10.0. The highest BCUT2D eigenvalue weighted by molar-refractivity contribution is 5.95. The average Bonchev–Trinajstić information content (AvgIpc) is 2.20. The third-order valence-electron chi connectivity index (χ3n) is 3.37.